The molecule has 1 aromatic heterocycles. The predicted octanol–water partition coefficient (Wildman–Crippen LogP) is 4.53. The maximum Gasteiger partial charge on any atom is 0.416 e. The van der Waals surface area contributed by atoms with E-state index in [1.807, 2.05) is 41.2 Å². The van der Waals surface area contributed by atoms with Gasteiger partial charge in [-0.05, 0) is 41.5 Å². The van der Waals surface area contributed by atoms with Crippen LogP contribution in [0.3, 0.4) is 0 Å². The van der Waals surface area contributed by atoms with E-state index in [0.717, 1.165) is 17.7 Å². The fourth-order valence-electron chi connectivity index (χ4n) is 2.23. The van der Waals surface area contributed by atoms with Crippen molar-refractivity contribution in [2.24, 2.45) is 0 Å². The van der Waals surface area contributed by atoms with Crippen molar-refractivity contribution in [1.29, 1.82) is 0 Å². The van der Waals surface area contributed by atoms with Crippen LogP contribution in [0.15, 0.2) is 67.0 Å². The fraction of sp³-hybridized carbons (Fsp3) is 0.167. The van der Waals surface area contributed by atoms with Gasteiger partial charge in [0.25, 0.3) is 0 Å². The van der Waals surface area contributed by atoms with Crippen LogP contribution < -0.4 is 4.74 Å². The highest BCUT2D eigenvalue weighted by Gasteiger charge is 2.29. The summed E-state index contributed by atoms with van der Waals surface area (Å²) in [5.41, 5.74) is 1.11. The summed E-state index contributed by atoms with van der Waals surface area (Å²) in [5.74, 6) is 0.666. The van der Waals surface area contributed by atoms with E-state index in [-0.39, 0.29) is 6.61 Å². The first kappa shape index (κ1) is 16.1. The summed E-state index contributed by atoms with van der Waals surface area (Å²) in [6.45, 7) is 0.892. The Bertz CT molecular complexity index is 764. The van der Waals surface area contributed by atoms with E-state index in [2.05, 4.69) is 5.10 Å². The highest BCUT2D eigenvalue weighted by Crippen LogP contribution is 2.29. The molecule has 0 unspecified atom stereocenters. The Balaban J connectivity index is 1.56. The average molecular weight is 332 g/mol. The molecular formula is C18H15F3N2O. The van der Waals surface area contributed by atoms with Gasteiger partial charge in [-0.2, -0.15) is 18.3 Å². The number of hydrogen-bond donors (Lipinski definition) is 0. The monoisotopic (exact) mass is 332 g/mol. The van der Waals surface area contributed by atoms with E-state index in [0.29, 0.717) is 17.9 Å². The second kappa shape index (κ2) is 6.78. The first-order valence-corrected chi connectivity index (χ1v) is 7.36. The van der Waals surface area contributed by atoms with Gasteiger partial charge < -0.3 is 4.74 Å². The lowest BCUT2D eigenvalue weighted by molar-refractivity contribution is -0.137. The van der Waals surface area contributed by atoms with Crippen LogP contribution in [0.25, 0.3) is 0 Å². The van der Waals surface area contributed by atoms with Gasteiger partial charge in [0.05, 0.1) is 12.1 Å². The van der Waals surface area contributed by atoms with Crippen LogP contribution in [0.2, 0.25) is 0 Å². The van der Waals surface area contributed by atoms with Crippen LogP contribution in [-0.2, 0) is 19.3 Å². The molecule has 0 saturated carbocycles. The summed E-state index contributed by atoms with van der Waals surface area (Å²) >= 11 is 0. The number of benzene rings is 2. The second-order valence-electron chi connectivity index (χ2n) is 5.33. The predicted molar refractivity (Wildman–Crippen MR) is 83.5 cm³/mol. The summed E-state index contributed by atoms with van der Waals surface area (Å²) in [4.78, 5) is 0. The molecule has 24 heavy (non-hydrogen) atoms. The molecule has 0 spiro atoms. The van der Waals surface area contributed by atoms with Crippen molar-refractivity contribution in [3.8, 4) is 5.75 Å². The Kier molecular flexibility index (Phi) is 4.55. The van der Waals surface area contributed by atoms with Crippen LogP contribution in [0.4, 0.5) is 13.2 Å². The van der Waals surface area contributed by atoms with Gasteiger partial charge in [-0.25, -0.2) is 0 Å². The SMILES string of the molecule is FC(F)(F)c1ccc(COc2ccc(Cn3cccn3)cc2)cc1. The molecule has 0 aliphatic rings. The van der Waals surface area contributed by atoms with E-state index in [4.69, 9.17) is 4.74 Å². The van der Waals surface area contributed by atoms with Crippen molar-refractivity contribution >= 4 is 0 Å². The Labute approximate surface area is 137 Å². The van der Waals surface area contributed by atoms with Crippen molar-refractivity contribution in [3.63, 3.8) is 0 Å². The topological polar surface area (TPSA) is 27.1 Å². The standard InChI is InChI=1S/C18H15F3N2O/c19-18(20,21)16-6-2-15(3-7-16)13-24-17-8-4-14(5-9-17)12-23-11-1-10-22-23/h1-11H,12-13H2. The molecule has 0 saturated heterocycles. The van der Waals surface area contributed by atoms with Crippen molar-refractivity contribution in [1.82, 2.24) is 9.78 Å². The van der Waals surface area contributed by atoms with Crippen LogP contribution in [-0.4, -0.2) is 9.78 Å². The van der Waals surface area contributed by atoms with E-state index in [9.17, 15) is 13.2 Å². The van der Waals surface area contributed by atoms with Crippen molar-refractivity contribution < 1.29 is 17.9 Å². The lowest BCUT2D eigenvalue weighted by Crippen LogP contribution is -2.05. The van der Waals surface area contributed by atoms with Crippen LogP contribution in [0.1, 0.15) is 16.7 Å². The molecule has 0 fully saturated rings. The second-order valence-corrected chi connectivity index (χ2v) is 5.33. The fourth-order valence-corrected chi connectivity index (χ4v) is 2.23. The van der Waals surface area contributed by atoms with Gasteiger partial charge in [0.15, 0.2) is 0 Å². The molecule has 3 aromatic rings. The molecule has 0 radical (unpaired) electrons. The largest absolute Gasteiger partial charge is 0.489 e. The molecule has 1 heterocycles. The minimum Gasteiger partial charge on any atom is -0.489 e. The smallest absolute Gasteiger partial charge is 0.416 e. The molecule has 0 aliphatic heterocycles. The highest BCUT2D eigenvalue weighted by atomic mass is 19.4. The summed E-state index contributed by atoms with van der Waals surface area (Å²) in [7, 11) is 0. The zero-order valence-electron chi connectivity index (χ0n) is 12.7. The normalized spacial score (nSPS) is 11.5. The van der Waals surface area contributed by atoms with Gasteiger partial charge in [-0.1, -0.05) is 24.3 Å². The third-order valence-electron chi connectivity index (χ3n) is 3.51. The number of ether oxygens (including phenoxy) is 1. The van der Waals surface area contributed by atoms with Gasteiger partial charge in [-0.15, -0.1) is 0 Å². The van der Waals surface area contributed by atoms with Crippen molar-refractivity contribution in [2.45, 2.75) is 19.3 Å². The third kappa shape index (κ3) is 4.16. The number of aromatic nitrogens is 2. The number of rotatable bonds is 5. The Hall–Kier alpha value is -2.76. The number of alkyl halides is 3. The minimum atomic E-state index is -4.32. The van der Waals surface area contributed by atoms with Gasteiger partial charge in [0.2, 0.25) is 0 Å². The van der Waals surface area contributed by atoms with E-state index in [1.165, 1.54) is 12.1 Å². The average Bonchev–Trinajstić information content (AvgIpc) is 3.07. The van der Waals surface area contributed by atoms with Gasteiger partial charge in [0, 0.05) is 12.4 Å². The molecule has 2 aromatic carbocycles. The van der Waals surface area contributed by atoms with Gasteiger partial charge in [-0.3, -0.25) is 4.68 Å². The molecule has 0 aliphatic carbocycles. The Morgan fingerprint density at radius 3 is 2.17 bits per heavy atom. The molecule has 0 N–H and O–H groups in total. The van der Waals surface area contributed by atoms with E-state index >= 15 is 0 Å². The molecule has 0 amide bonds. The first-order valence-electron chi connectivity index (χ1n) is 7.36. The summed E-state index contributed by atoms with van der Waals surface area (Å²) < 4.78 is 44.9. The number of nitrogens with zero attached hydrogens (tertiary/aromatic N) is 2. The molecule has 3 rings (SSSR count). The summed E-state index contributed by atoms with van der Waals surface area (Å²) in [6, 6.07) is 14.4. The summed E-state index contributed by atoms with van der Waals surface area (Å²) in [5, 5.41) is 4.14. The summed E-state index contributed by atoms with van der Waals surface area (Å²) in [6.07, 6.45) is -0.708. The Morgan fingerprint density at radius 2 is 1.58 bits per heavy atom. The van der Waals surface area contributed by atoms with Crippen molar-refractivity contribution in [2.75, 3.05) is 0 Å². The van der Waals surface area contributed by atoms with Gasteiger partial charge in [0.1, 0.15) is 12.4 Å². The van der Waals surface area contributed by atoms with Crippen LogP contribution in [0, 0.1) is 0 Å². The lowest BCUT2D eigenvalue weighted by atomic mass is 10.1. The Morgan fingerprint density at radius 1 is 0.917 bits per heavy atom. The maximum atomic E-state index is 12.5. The molecule has 0 atom stereocenters. The van der Waals surface area contributed by atoms with Gasteiger partial charge >= 0.3 is 6.18 Å². The maximum absolute atomic E-state index is 12.5. The number of halogens is 3. The third-order valence-corrected chi connectivity index (χ3v) is 3.51. The molecule has 6 heteroatoms. The molecule has 124 valence electrons. The van der Waals surface area contributed by atoms with E-state index < -0.39 is 11.7 Å². The zero-order valence-corrected chi connectivity index (χ0v) is 12.7. The molecular weight excluding hydrogens is 317 g/mol. The van der Waals surface area contributed by atoms with Crippen molar-refractivity contribution in [3.05, 3.63) is 83.7 Å². The van der Waals surface area contributed by atoms with E-state index in [1.54, 1.807) is 6.20 Å². The van der Waals surface area contributed by atoms with Crippen LogP contribution in [0.5, 0.6) is 5.75 Å². The lowest BCUT2D eigenvalue weighted by Gasteiger charge is -2.09. The molecule has 0 bridgehead atoms. The highest BCUT2D eigenvalue weighted by molar-refractivity contribution is 5.29. The minimum absolute atomic E-state index is 0.219. The van der Waals surface area contributed by atoms with Crippen LogP contribution >= 0.6 is 0 Å². The first-order chi connectivity index (χ1) is 11.5. The zero-order chi connectivity index (χ0) is 17.0. The quantitative estimate of drug-likeness (QED) is 0.686. The number of hydrogen-bond acceptors (Lipinski definition) is 2. The molecule has 3 nitrogen and oxygen atoms in total.